The molecule has 3 aromatic rings. The summed E-state index contributed by atoms with van der Waals surface area (Å²) in [7, 11) is 0. The molecule has 4 nitrogen and oxygen atoms in total. The molecule has 3 aromatic heterocycles. The molecule has 0 N–H and O–H groups in total. The molecule has 3 heterocycles. The predicted octanol–water partition coefficient (Wildman–Crippen LogP) is 1.93. The molecule has 0 unspecified atom stereocenters. The van der Waals surface area contributed by atoms with Gasteiger partial charge in [0.1, 0.15) is 12.0 Å². The van der Waals surface area contributed by atoms with Gasteiger partial charge >= 0.3 is 0 Å². The highest BCUT2D eigenvalue weighted by molar-refractivity contribution is 6.34. The lowest BCUT2D eigenvalue weighted by Crippen LogP contribution is -1.90. The number of hydrogen-bond acceptors (Lipinski definition) is 3. The first kappa shape index (κ1) is 7.70. The number of rotatable bonds is 0. The Hall–Kier alpha value is -1.68. The SMILES string of the molecule is Clc1cc2cccnc2n2cnnc12. The summed E-state index contributed by atoms with van der Waals surface area (Å²) in [6.45, 7) is 0. The molecule has 5 heteroatoms. The van der Waals surface area contributed by atoms with Gasteiger partial charge in [-0.25, -0.2) is 4.98 Å². The number of pyridine rings is 2. The van der Waals surface area contributed by atoms with Gasteiger partial charge in [-0.3, -0.25) is 4.40 Å². The molecule has 0 aliphatic heterocycles. The van der Waals surface area contributed by atoms with Gasteiger partial charge in [-0.2, -0.15) is 0 Å². The fourth-order valence-electron chi connectivity index (χ4n) is 1.48. The summed E-state index contributed by atoms with van der Waals surface area (Å²) in [5.41, 5.74) is 1.45. The van der Waals surface area contributed by atoms with Gasteiger partial charge in [0.2, 0.25) is 0 Å². The van der Waals surface area contributed by atoms with E-state index in [0.717, 1.165) is 11.0 Å². The molecule has 0 aromatic carbocycles. The van der Waals surface area contributed by atoms with Gasteiger partial charge in [0.25, 0.3) is 0 Å². The first-order chi connectivity index (χ1) is 6.86. The van der Waals surface area contributed by atoms with Crippen LogP contribution in [0.15, 0.2) is 30.7 Å². The molecule has 0 saturated heterocycles. The Kier molecular flexibility index (Phi) is 1.46. The molecule has 0 amide bonds. The van der Waals surface area contributed by atoms with E-state index in [0.29, 0.717) is 10.7 Å². The molecular formula is C9H5ClN4. The summed E-state index contributed by atoms with van der Waals surface area (Å²) in [4.78, 5) is 4.25. The van der Waals surface area contributed by atoms with E-state index >= 15 is 0 Å². The highest BCUT2D eigenvalue weighted by atomic mass is 35.5. The molecule has 0 radical (unpaired) electrons. The van der Waals surface area contributed by atoms with Crippen molar-refractivity contribution in [2.24, 2.45) is 0 Å². The lowest BCUT2D eigenvalue weighted by Gasteiger charge is -2.00. The standard InChI is InChI=1S/C9H5ClN4/c10-7-4-6-2-1-3-11-8(6)14-5-12-13-9(7)14/h1-5H. The summed E-state index contributed by atoms with van der Waals surface area (Å²) in [5, 5.41) is 9.27. The van der Waals surface area contributed by atoms with Gasteiger partial charge in [0, 0.05) is 11.6 Å². The molecule has 0 bridgehead atoms. The highest BCUT2D eigenvalue weighted by Crippen LogP contribution is 2.21. The van der Waals surface area contributed by atoms with Crippen molar-refractivity contribution in [2.45, 2.75) is 0 Å². The Morgan fingerprint density at radius 2 is 2.21 bits per heavy atom. The van der Waals surface area contributed by atoms with Crippen LogP contribution in [0.25, 0.3) is 16.7 Å². The first-order valence-corrected chi connectivity index (χ1v) is 4.47. The minimum atomic E-state index is 0.586. The molecule has 0 aliphatic rings. The van der Waals surface area contributed by atoms with Crippen molar-refractivity contribution >= 4 is 28.3 Å². The van der Waals surface area contributed by atoms with Crippen LogP contribution in [0.4, 0.5) is 0 Å². The minimum absolute atomic E-state index is 0.586. The van der Waals surface area contributed by atoms with Crippen LogP contribution >= 0.6 is 11.6 Å². The Bertz CT molecular complexity index is 616. The largest absolute Gasteiger partial charge is 0.264 e. The van der Waals surface area contributed by atoms with Crippen LogP contribution in [0.1, 0.15) is 0 Å². The Morgan fingerprint density at radius 3 is 3.14 bits per heavy atom. The number of hydrogen-bond donors (Lipinski definition) is 0. The van der Waals surface area contributed by atoms with Crippen molar-refractivity contribution in [2.75, 3.05) is 0 Å². The molecule has 14 heavy (non-hydrogen) atoms. The minimum Gasteiger partial charge on any atom is -0.264 e. The van der Waals surface area contributed by atoms with E-state index in [-0.39, 0.29) is 0 Å². The fourth-order valence-corrected chi connectivity index (χ4v) is 1.72. The summed E-state index contributed by atoms with van der Waals surface area (Å²) in [5.74, 6) is 0. The van der Waals surface area contributed by atoms with E-state index < -0.39 is 0 Å². The molecule has 0 aliphatic carbocycles. The molecular weight excluding hydrogens is 200 g/mol. The van der Waals surface area contributed by atoms with Crippen molar-refractivity contribution in [1.82, 2.24) is 19.6 Å². The quantitative estimate of drug-likeness (QED) is 0.562. The topological polar surface area (TPSA) is 43.1 Å². The lowest BCUT2D eigenvalue weighted by molar-refractivity contribution is 1.10. The third-order valence-corrected chi connectivity index (χ3v) is 2.37. The maximum atomic E-state index is 6.03. The number of halogens is 1. The van der Waals surface area contributed by atoms with E-state index in [2.05, 4.69) is 15.2 Å². The molecule has 0 saturated carbocycles. The van der Waals surface area contributed by atoms with Crippen LogP contribution in [0.3, 0.4) is 0 Å². The van der Waals surface area contributed by atoms with Gasteiger partial charge in [-0.15, -0.1) is 10.2 Å². The van der Waals surface area contributed by atoms with Crippen molar-refractivity contribution in [3.8, 4) is 0 Å². The van der Waals surface area contributed by atoms with Crippen LogP contribution in [0, 0.1) is 0 Å². The Balaban J connectivity index is 2.66. The molecule has 68 valence electrons. The van der Waals surface area contributed by atoms with Crippen LogP contribution in [-0.2, 0) is 0 Å². The Morgan fingerprint density at radius 1 is 1.29 bits per heavy atom. The van der Waals surface area contributed by atoms with Crippen LogP contribution in [-0.4, -0.2) is 19.6 Å². The lowest BCUT2D eigenvalue weighted by atomic mass is 10.3. The normalized spacial score (nSPS) is 11.2. The first-order valence-electron chi connectivity index (χ1n) is 4.09. The second-order valence-corrected chi connectivity index (χ2v) is 3.34. The van der Waals surface area contributed by atoms with Gasteiger partial charge in [0.05, 0.1) is 5.02 Å². The summed E-state index contributed by atoms with van der Waals surface area (Å²) in [6, 6.07) is 5.66. The van der Waals surface area contributed by atoms with Crippen molar-refractivity contribution < 1.29 is 0 Å². The van der Waals surface area contributed by atoms with Crippen LogP contribution in [0.5, 0.6) is 0 Å². The molecule has 3 rings (SSSR count). The van der Waals surface area contributed by atoms with Crippen molar-refractivity contribution in [3.63, 3.8) is 0 Å². The summed E-state index contributed by atoms with van der Waals surface area (Å²) < 4.78 is 1.78. The smallest absolute Gasteiger partial charge is 0.181 e. The Labute approximate surface area is 84.2 Å². The zero-order chi connectivity index (χ0) is 9.54. The zero-order valence-corrected chi connectivity index (χ0v) is 7.81. The van der Waals surface area contributed by atoms with Crippen molar-refractivity contribution in [1.29, 1.82) is 0 Å². The number of nitrogens with zero attached hydrogens (tertiary/aromatic N) is 4. The third kappa shape index (κ3) is 0.914. The predicted molar refractivity (Wildman–Crippen MR) is 53.3 cm³/mol. The highest BCUT2D eigenvalue weighted by Gasteiger charge is 2.06. The fraction of sp³-hybridized carbons (Fsp3) is 0. The van der Waals surface area contributed by atoms with Gasteiger partial charge in [0.15, 0.2) is 5.65 Å². The van der Waals surface area contributed by atoms with E-state index in [9.17, 15) is 0 Å². The van der Waals surface area contributed by atoms with E-state index in [1.165, 1.54) is 0 Å². The molecule has 0 atom stereocenters. The average molecular weight is 205 g/mol. The van der Waals surface area contributed by atoms with Gasteiger partial charge < -0.3 is 0 Å². The van der Waals surface area contributed by atoms with Gasteiger partial charge in [-0.1, -0.05) is 11.6 Å². The monoisotopic (exact) mass is 204 g/mol. The molecule has 0 spiro atoms. The zero-order valence-electron chi connectivity index (χ0n) is 7.05. The maximum Gasteiger partial charge on any atom is 0.181 e. The number of fused-ring (bicyclic) bond motifs is 3. The van der Waals surface area contributed by atoms with Crippen molar-refractivity contribution in [3.05, 3.63) is 35.7 Å². The molecule has 0 fully saturated rings. The third-order valence-electron chi connectivity index (χ3n) is 2.09. The van der Waals surface area contributed by atoms with E-state index in [1.54, 1.807) is 16.9 Å². The van der Waals surface area contributed by atoms with Crippen LogP contribution < -0.4 is 0 Å². The summed E-state index contributed by atoms with van der Waals surface area (Å²) >= 11 is 6.03. The average Bonchev–Trinajstić information content (AvgIpc) is 2.67. The van der Waals surface area contributed by atoms with E-state index in [1.807, 2.05) is 18.2 Å². The maximum absolute atomic E-state index is 6.03. The number of aromatic nitrogens is 4. The second kappa shape index (κ2) is 2.65. The van der Waals surface area contributed by atoms with Gasteiger partial charge in [-0.05, 0) is 18.2 Å². The summed E-state index contributed by atoms with van der Waals surface area (Å²) in [6.07, 6.45) is 3.34. The second-order valence-electron chi connectivity index (χ2n) is 2.93. The van der Waals surface area contributed by atoms with E-state index in [4.69, 9.17) is 11.6 Å². The van der Waals surface area contributed by atoms with Crippen LogP contribution in [0.2, 0.25) is 5.02 Å².